The second-order valence-electron chi connectivity index (χ2n) is 6.54. The molecule has 34 heavy (non-hydrogen) atoms. The van der Waals surface area contributed by atoms with Gasteiger partial charge in [-0.15, -0.1) is 0 Å². The first-order chi connectivity index (χ1) is 16.1. The summed E-state index contributed by atoms with van der Waals surface area (Å²) >= 11 is 0. The van der Waals surface area contributed by atoms with Crippen LogP contribution in [0.25, 0.3) is 0 Å². The fourth-order valence-electron chi connectivity index (χ4n) is 1.97. The van der Waals surface area contributed by atoms with Crippen molar-refractivity contribution in [2.24, 2.45) is 11.5 Å². The predicted octanol–water partition coefficient (Wildman–Crippen LogP) is 1.59. The Morgan fingerprint density at radius 3 is 1.76 bits per heavy atom. The Labute approximate surface area is 202 Å². The molecule has 0 aliphatic carbocycles. The van der Waals surface area contributed by atoms with Crippen molar-refractivity contribution in [3.05, 3.63) is 78.5 Å². The van der Waals surface area contributed by atoms with E-state index in [1.165, 1.54) is 5.56 Å². The van der Waals surface area contributed by atoms with E-state index in [9.17, 15) is 8.42 Å². The van der Waals surface area contributed by atoms with Gasteiger partial charge in [0.2, 0.25) is 10.0 Å². The van der Waals surface area contributed by atoms with Crippen LogP contribution < -0.4 is 37.1 Å². The van der Waals surface area contributed by atoms with Gasteiger partial charge in [-0.05, 0) is 42.0 Å². The van der Waals surface area contributed by atoms with Crippen LogP contribution in [-0.4, -0.2) is 47.0 Å². The molecule has 0 unspecified atom stereocenters. The van der Waals surface area contributed by atoms with E-state index in [1.54, 1.807) is 44.7 Å². The van der Waals surface area contributed by atoms with Crippen LogP contribution in [0.3, 0.4) is 0 Å². The zero-order valence-corrected chi connectivity index (χ0v) is 20.7. The summed E-state index contributed by atoms with van der Waals surface area (Å²) in [5.41, 5.74) is 23.0. The molecule has 9 N–H and O–H groups in total. The minimum absolute atomic E-state index is 0.318. The predicted molar refractivity (Wildman–Crippen MR) is 139 cm³/mol. The molecule has 3 rings (SSSR count). The number of pyridine rings is 1. The van der Waals surface area contributed by atoms with E-state index >= 15 is 0 Å². The molecule has 3 aromatic rings. The van der Waals surface area contributed by atoms with Crippen molar-refractivity contribution in [1.29, 1.82) is 0 Å². The van der Waals surface area contributed by atoms with E-state index in [2.05, 4.69) is 9.71 Å². The second kappa shape index (κ2) is 18.1. The highest BCUT2D eigenvalue weighted by atomic mass is 32.2. The lowest BCUT2D eigenvalue weighted by Gasteiger charge is -1.97. The molecule has 0 bridgehead atoms. The lowest BCUT2D eigenvalue weighted by molar-refractivity contribution is 0.413. The Hall–Kier alpha value is -3.38. The van der Waals surface area contributed by atoms with Crippen molar-refractivity contribution in [3.63, 3.8) is 0 Å². The maximum Gasteiger partial charge on any atom is 0.208 e. The summed E-state index contributed by atoms with van der Waals surface area (Å²) in [7, 11) is 0.205. The van der Waals surface area contributed by atoms with Crippen LogP contribution in [-0.2, 0) is 16.6 Å². The maximum atomic E-state index is 10.2. The van der Waals surface area contributed by atoms with Crippen LogP contribution in [0.4, 0.5) is 11.5 Å². The smallest absolute Gasteiger partial charge is 0.208 e. The molecule has 0 aliphatic rings. The van der Waals surface area contributed by atoms with Gasteiger partial charge in [0.25, 0.3) is 0 Å². The summed E-state index contributed by atoms with van der Waals surface area (Å²) in [5, 5.41) is 0. The van der Waals surface area contributed by atoms with Crippen LogP contribution in [0, 0.1) is 0 Å². The number of nitrogens with two attached hydrogens (primary N) is 4. The Bertz CT molecular complexity index is 941. The van der Waals surface area contributed by atoms with Crippen molar-refractivity contribution >= 4 is 21.5 Å². The van der Waals surface area contributed by atoms with Gasteiger partial charge in [0.05, 0.1) is 26.7 Å². The van der Waals surface area contributed by atoms with E-state index in [4.69, 9.17) is 32.4 Å². The Kier molecular flexibility index (Phi) is 16.3. The molecule has 188 valence electrons. The molecule has 0 saturated carbocycles. The summed E-state index contributed by atoms with van der Waals surface area (Å²) < 4.78 is 32.4. The molecule has 0 aliphatic heterocycles. The Morgan fingerprint density at radius 2 is 1.41 bits per heavy atom. The van der Waals surface area contributed by atoms with Crippen LogP contribution in [0.15, 0.2) is 72.9 Å². The molecule has 10 nitrogen and oxygen atoms in total. The quantitative estimate of drug-likeness (QED) is 0.319. The first-order valence-corrected chi connectivity index (χ1v) is 12.1. The average molecular weight is 493 g/mol. The lowest BCUT2D eigenvalue weighted by atomic mass is 10.2. The van der Waals surface area contributed by atoms with E-state index in [1.807, 2.05) is 42.5 Å². The molecular weight excluding hydrogens is 456 g/mol. The molecule has 1 aromatic heterocycles. The number of ether oxygens (including phenoxy) is 2. The van der Waals surface area contributed by atoms with Crippen LogP contribution >= 0.6 is 0 Å². The van der Waals surface area contributed by atoms with Gasteiger partial charge in [-0.1, -0.05) is 30.3 Å². The van der Waals surface area contributed by atoms with Crippen molar-refractivity contribution in [1.82, 2.24) is 9.71 Å². The van der Waals surface area contributed by atoms with E-state index in [0.29, 0.717) is 25.5 Å². The number of benzene rings is 2. The molecular formula is C23H36N6O4S. The number of sulfonamides is 1. The number of anilines is 2. The molecule has 0 amide bonds. The zero-order valence-electron chi connectivity index (χ0n) is 19.8. The number of nitrogens with one attached hydrogen (secondary N) is 1. The molecule has 1 heterocycles. The Balaban J connectivity index is 0.000000428. The van der Waals surface area contributed by atoms with Crippen molar-refractivity contribution in [3.8, 4) is 11.5 Å². The molecule has 11 heteroatoms. The standard InChI is InChI=1S/C7H9NO.C7H9N.C6H8N2O.C3H10N2O2S/c1-9-7-4-2-6(8)3-5-7;8-6-7-4-2-1-3-5-7;1-9-5-2-3-6(7)8-4-5;1-8(6,7)5-3-2-4/h2-5H,8H2,1H3;1-5H,6,8H2;2-4H,1H3,(H2,7,8);5H,2-4H2,1H3. The normalized spacial score (nSPS) is 9.68. The monoisotopic (exact) mass is 492 g/mol. The molecule has 2 aromatic carbocycles. The summed E-state index contributed by atoms with van der Waals surface area (Å²) in [6.07, 6.45) is 2.68. The van der Waals surface area contributed by atoms with Gasteiger partial charge < -0.3 is 32.4 Å². The first-order valence-electron chi connectivity index (χ1n) is 10.2. The SMILES string of the molecule is COc1ccc(N)cc1.COc1ccc(N)nc1.CS(=O)(=O)NCCN.NCc1ccccc1. The molecule has 0 atom stereocenters. The number of hydrogen-bond acceptors (Lipinski definition) is 9. The summed E-state index contributed by atoms with van der Waals surface area (Å²) in [4.78, 5) is 3.80. The molecule has 0 radical (unpaired) electrons. The third-order valence-corrected chi connectivity index (χ3v) is 4.43. The summed E-state index contributed by atoms with van der Waals surface area (Å²) in [6.45, 7) is 1.30. The lowest BCUT2D eigenvalue weighted by Crippen LogP contribution is -2.27. The highest BCUT2D eigenvalue weighted by Gasteiger charge is 1.95. The van der Waals surface area contributed by atoms with E-state index in [0.717, 1.165) is 23.4 Å². The van der Waals surface area contributed by atoms with Gasteiger partial charge in [-0.3, -0.25) is 0 Å². The minimum Gasteiger partial charge on any atom is -0.497 e. The van der Waals surface area contributed by atoms with Gasteiger partial charge in [-0.2, -0.15) is 0 Å². The summed E-state index contributed by atoms with van der Waals surface area (Å²) in [6, 6.07) is 20.7. The third kappa shape index (κ3) is 17.2. The highest BCUT2D eigenvalue weighted by Crippen LogP contribution is 2.11. The van der Waals surface area contributed by atoms with Crippen LogP contribution in [0.1, 0.15) is 5.56 Å². The summed E-state index contributed by atoms with van der Waals surface area (Å²) in [5.74, 6) is 2.07. The van der Waals surface area contributed by atoms with Crippen LogP contribution in [0.2, 0.25) is 0 Å². The second-order valence-corrected chi connectivity index (χ2v) is 8.37. The number of aromatic nitrogens is 1. The van der Waals surface area contributed by atoms with Gasteiger partial charge in [0.1, 0.15) is 17.3 Å². The van der Waals surface area contributed by atoms with E-state index in [-0.39, 0.29) is 0 Å². The van der Waals surface area contributed by atoms with E-state index < -0.39 is 10.0 Å². The van der Waals surface area contributed by atoms with Crippen LogP contribution in [0.5, 0.6) is 11.5 Å². The third-order valence-electron chi connectivity index (χ3n) is 3.70. The average Bonchev–Trinajstić information content (AvgIpc) is 2.85. The maximum absolute atomic E-state index is 10.2. The fraction of sp³-hybridized carbons (Fsp3) is 0.261. The van der Waals surface area contributed by atoms with Gasteiger partial charge >= 0.3 is 0 Å². The molecule has 0 spiro atoms. The minimum atomic E-state index is -3.02. The number of nitrogen functional groups attached to an aromatic ring is 2. The first kappa shape index (κ1) is 30.6. The topological polar surface area (TPSA) is 182 Å². The number of nitrogens with zero attached hydrogens (tertiary/aromatic N) is 1. The highest BCUT2D eigenvalue weighted by molar-refractivity contribution is 7.88. The largest absolute Gasteiger partial charge is 0.497 e. The van der Waals surface area contributed by atoms with Gasteiger partial charge in [-0.25, -0.2) is 18.1 Å². The number of rotatable bonds is 6. The van der Waals surface area contributed by atoms with Crippen molar-refractivity contribution in [2.75, 3.05) is 45.0 Å². The van der Waals surface area contributed by atoms with Gasteiger partial charge in [0.15, 0.2) is 0 Å². The van der Waals surface area contributed by atoms with Crippen molar-refractivity contribution < 1.29 is 17.9 Å². The Morgan fingerprint density at radius 1 is 0.853 bits per heavy atom. The fourth-order valence-corrected chi connectivity index (χ4v) is 2.46. The van der Waals surface area contributed by atoms with Crippen molar-refractivity contribution in [2.45, 2.75) is 6.54 Å². The number of methoxy groups -OCH3 is 2. The van der Waals surface area contributed by atoms with Gasteiger partial charge in [0, 0.05) is 25.3 Å². The zero-order chi connectivity index (χ0) is 25.8. The molecule has 0 saturated heterocycles. The number of hydrogen-bond donors (Lipinski definition) is 5. The molecule has 0 fully saturated rings.